The summed E-state index contributed by atoms with van der Waals surface area (Å²) >= 11 is 0. The van der Waals surface area contributed by atoms with Gasteiger partial charge in [-0.3, -0.25) is 4.90 Å². The molecule has 2 N–H and O–H groups in total. The first-order valence-corrected chi connectivity index (χ1v) is 9.32. The van der Waals surface area contributed by atoms with Crippen molar-refractivity contribution in [3.8, 4) is 23.8 Å². The van der Waals surface area contributed by atoms with E-state index in [9.17, 15) is 0 Å². The summed E-state index contributed by atoms with van der Waals surface area (Å²) in [5.74, 6) is 4.56. The summed E-state index contributed by atoms with van der Waals surface area (Å²) in [4.78, 5) is 7.05. The number of hydrogen-bond acceptors (Lipinski definition) is 5. The van der Waals surface area contributed by atoms with Crippen molar-refractivity contribution in [1.29, 1.82) is 0 Å². The lowest BCUT2D eigenvalue weighted by Gasteiger charge is -2.26. The van der Waals surface area contributed by atoms with Crippen LogP contribution >= 0.6 is 0 Å². The highest BCUT2D eigenvalue weighted by atomic mass is 16.5. The van der Waals surface area contributed by atoms with Gasteiger partial charge in [0, 0.05) is 32.7 Å². The highest BCUT2D eigenvalue weighted by Gasteiger charge is 2.10. The van der Waals surface area contributed by atoms with E-state index < -0.39 is 0 Å². The molecule has 0 bridgehead atoms. The zero-order valence-corrected chi connectivity index (χ0v) is 16.3. The maximum atomic E-state index is 5.55. The highest BCUT2D eigenvalue weighted by Crippen LogP contribution is 2.28. The van der Waals surface area contributed by atoms with Crippen molar-refractivity contribution in [2.75, 3.05) is 59.7 Å². The van der Waals surface area contributed by atoms with Gasteiger partial charge < -0.3 is 24.8 Å². The van der Waals surface area contributed by atoms with Gasteiger partial charge in [0.05, 0.1) is 26.9 Å². The van der Waals surface area contributed by atoms with E-state index in [1.165, 1.54) is 0 Å². The highest BCUT2D eigenvalue weighted by molar-refractivity contribution is 5.79. The smallest absolute Gasteiger partial charge is 0.191 e. The third-order valence-electron chi connectivity index (χ3n) is 4.13. The number of aliphatic imine (C=N–C) groups is 1. The molecule has 0 saturated carbocycles. The zero-order chi connectivity index (χ0) is 19.3. The minimum Gasteiger partial charge on any atom is -0.493 e. The predicted molar refractivity (Wildman–Crippen MR) is 107 cm³/mol. The monoisotopic (exact) mass is 374 g/mol. The van der Waals surface area contributed by atoms with Gasteiger partial charge in [-0.15, -0.1) is 6.42 Å². The average Bonchev–Trinajstić information content (AvgIpc) is 2.71. The van der Waals surface area contributed by atoms with Crippen LogP contribution in [0.25, 0.3) is 0 Å². The van der Waals surface area contributed by atoms with E-state index in [0.717, 1.165) is 57.5 Å². The van der Waals surface area contributed by atoms with Crippen LogP contribution in [0, 0.1) is 12.3 Å². The molecule has 148 valence electrons. The van der Waals surface area contributed by atoms with E-state index in [0.29, 0.717) is 18.0 Å². The average molecular weight is 374 g/mol. The van der Waals surface area contributed by atoms with Gasteiger partial charge in [0.25, 0.3) is 0 Å². The Hall–Kier alpha value is -2.43. The number of rotatable bonds is 9. The van der Waals surface area contributed by atoms with E-state index in [-0.39, 0.29) is 6.61 Å². The first kappa shape index (κ1) is 20.9. The molecule has 2 rings (SSSR count). The Morgan fingerprint density at radius 3 is 2.81 bits per heavy atom. The number of nitrogens with one attached hydrogen (secondary N) is 2. The van der Waals surface area contributed by atoms with Gasteiger partial charge in [0.1, 0.15) is 6.61 Å². The van der Waals surface area contributed by atoms with Crippen LogP contribution in [0.3, 0.4) is 0 Å². The molecular weight excluding hydrogens is 344 g/mol. The lowest BCUT2D eigenvalue weighted by Crippen LogP contribution is -2.44. The SMILES string of the molecule is C#CCOc1cc(CN=C(NCC)NCCN2CCOCC2)ccc1OC. The molecule has 0 aliphatic carbocycles. The fraction of sp³-hybridized carbons (Fsp3) is 0.550. The van der Waals surface area contributed by atoms with Crippen molar-refractivity contribution in [1.82, 2.24) is 15.5 Å². The van der Waals surface area contributed by atoms with Crippen LogP contribution in [-0.2, 0) is 11.3 Å². The number of guanidine groups is 1. The molecule has 1 aliphatic rings. The van der Waals surface area contributed by atoms with E-state index in [1.807, 2.05) is 18.2 Å². The number of methoxy groups -OCH3 is 1. The minimum atomic E-state index is 0.203. The lowest BCUT2D eigenvalue weighted by atomic mass is 10.2. The molecular formula is C20H30N4O3. The summed E-state index contributed by atoms with van der Waals surface area (Å²) in [6, 6.07) is 5.76. The predicted octanol–water partition coefficient (Wildman–Crippen LogP) is 1.09. The van der Waals surface area contributed by atoms with Gasteiger partial charge in [0.2, 0.25) is 0 Å². The molecule has 0 amide bonds. The standard InChI is InChI=1S/C20H30N4O3/c1-4-12-27-19-15-17(6-7-18(19)25-3)16-23-20(21-5-2)22-8-9-24-10-13-26-14-11-24/h1,6-7,15H,5,8-14,16H2,2-3H3,(H2,21,22,23). The Morgan fingerprint density at radius 2 is 2.11 bits per heavy atom. The quantitative estimate of drug-likeness (QED) is 0.383. The van der Waals surface area contributed by atoms with E-state index in [4.69, 9.17) is 20.6 Å². The molecule has 1 saturated heterocycles. The second-order valence-electron chi connectivity index (χ2n) is 6.05. The summed E-state index contributed by atoms with van der Waals surface area (Å²) in [7, 11) is 1.61. The summed E-state index contributed by atoms with van der Waals surface area (Å²) in [5, 5.41) is 6.66. The van der Waals surface area contributed by atoms with Crippen LogP contribution in [-0.4, -0.2) is 70.5 Å². The van der Waals surface area contributed by atoms with Crippen molar-refractivity contribution >= 4 is 5.96 Å². The van der Waals surface area contributed by atoms with Crippen LogP contribution in [0.2, 0.25) is 0 Å². The zero-order valence-electron chi connectivity index (χ0n) is 16.3. The first-order chi connectivity index (χ1) is 13.3. The van der Waals surface area contributed by atoms with Crippen LogP contribution in [0.1, 0.15) is 12.5 Å². The molecule has 0 unspecified atom stereocenters. The summed E-state index contributed by atoms with van der Waals surface area (Å²) in [6.45, 7) is 9.01. The van der Waals surface area contributed by atoms with E-state index in [2.05, 4.69) is 33.4 Å². The molecule has 7 nitrogen and oxygen atoms in total. The summed E-state index contributed by atoms with van der Waals surface area (Å²) in [5.41, 5.74) is 1.02. The molecule has 1 fully saturated rings. The Kier molecular flexibility index (Phi) is 9.31. The number of nitrogens with zero attached hydrogens (tertiary/aromatic N) is 2. The van der Waals surface area contributed by atoms with Crippen LogP contribution in [0.4, 0.5) is 0 Å². The second kappa shape index (κ2) is 12.0. The molecule has 1 aromatic carbocycles. The normalized spacial score (nSPS) is 15.1. The second-order valence-corrected chi connectivity index (χ2v) is 6.05. The third-order valence-corrected chi connectivity index (χ3v) is 4.13. The third kappa shape index (κ3) is 7.37. The number of benzene rings is 1. The summed E-state index contributed by atoms with van der Waals surface area (Å²) < 4.78 is 16.2. The Balaban J connectivity index is 1.91. The number of ether oxygens (including phenoxy) is 3. The molecule has 1 aromatic rings. The fourth-order valence-electron chi connectivity index (χ4n) is 2.72. The minimum absolute atomic E-state index is 0.203. The van der Waals surface area contributed by atoms with Crippen molar-refractivity contribution in [3.63, 3.8) is 0 Å². The van der Waals surface area contributed by atoms with Gasteiger partial charge in [-0.2, -0.15) is 0 Å². The van der Waals surface area contributed by atoms with E-state index >= 15 is 0 Å². The summed E-state index contributed by atoms with van der Waals surface area (Å²) in [6.07, 6.45) is 5.27. The van der Waals surface area contributed by atoms with Crippen molar-refractivity contribution in [2.24, 2.45) is 4.99 Å². The Morgan fingerprint density at radius 1 is 1.30 bits per heavy atom. The van der Waals surface area contributed by atoms with E-state index in [1.54, 1.807) is 7.11 Å². The molecule has 1 aliphatic heterocycles. The number of morpholine rings is 1. The molecule has 0 radical (unpaired) electrons. The lowest BCUT2D eigenvalue weighted by molar-refractivity contribution is 0.0389. The number of hydrogen-bond donors (Lipinski definition) is 2. The molecule has 27 heavy (non-hydrogen) atoms. The van der Waals surface area contributed by atoms with Gasteiger partial charge in [-0.05, 0) is 24.6 Å². The molecule has 0 atom stereocenters. The van der Waals surface area contributed by atoms with Crippen molar-refractivity contribution < 1.29 is 14.2 Å². The van der Waals surface area contributed by atoms with Gasteiger partial charge >= 0.3 is 0 Å². The van der Waals surface area contributed by atoms with Gasteiger partial charge in [0.15, 0.2) is 17.5 Å². The molecule has 0 aromatic heterocycles. The topological polar surface area (TPSA) is 67.4 Å². The van der Waals surface area contributed by atoms with Gasteiger partial charge in [-0.25, -0.2) is 4.99 Å². The van der Waals surface area contributed by atoms with Crippen molar-refractivity contribution in [3.05, 3.63) is 23.8 Å². The van der Waals surface area contributed by atoms with Crippen LogP contribution in [0.5, 0.6) is 11.5 Å². The fourth-order valence-corrected chi connectivity index (χ4v) is 2.72. The Bertz CT molecular complexity index is 637. The maximum absolute atomic E-state index is 5.55. The molecule has 1 heterocycles. The number of terminal acetylenes is 1. The van der Waals surface area contributed by atoms with Gasteiger partial charge in [-0.1, -0.05) is 12.0 Å². The van der Waals surface area contributed by atoms with Crippen LogP contribution < -0.4 is 20.1 Å². The van der Waals surface area contributed by atoms with Crippen LogP contribution in [0.15, 0.2) is 23.2 Å². The Labute approximate surface area is 162 Å². The molecule has 7 heteroatoms. The maximum Gasteiger partial charge on any atom is 0.191 e. The largest absolute Gasteiger partial charge is 0.493 e. The van der Waals surface area contributed by atoms with Crippen molar-refractivity contribution in [2.45, 2.75) is 13.5 Å². The first-order valence-electron chi connectivity index (χ1n) is 9.32. The molecule has 0 spiro atoms.